The normalized spacial score (nSPS) is 21.2. The highest BCUT2D eigenvalue weighted by atomic mass is 35.5. The number of sulfonamides is 1. The molecule has 0 aliphatic carbocycles. The van der Waals surface area contributed by atoms with E-state index >= 15 is 0 Å². The van der Waals surface area contributed by atoms with Crippen LogP contribution in [0.2, 0.25) is 0 Å². The van der Waals surface area contributed by atoms with E-state index in [4.69, 9.17) is 11.6 Å². The van der Waals surface area contributed by atoms with Crippen molar-refractivity contribution in [2.45, 2.75) is 30.3 Å². The molecule has 2 heterocycles. The van der Waals surface area contributed by atoms with Gasteiger partial charge in [-0.3, -0.25) is 4.79 Å². The predicted octanol–water partition coefficient (Wildman–Crippen LogP) is 2.66. The molecule has 7 nitrogen and oxygen atoms in total. The molecule has 0 radical (unpaired) electrons. The van der Waals surface area contributed by atoms with Crippen LogP contribution in [0.15, 0.2) is 53.4 Å². The lowest BCUT2D eigenvalue weighted by Crippen LogP contribution is -2.36. The number of amides is 3. The number of anilines is 1. The summed E-state index contributed by atoms with van der Waals surface area (Å²) in [7, 11) is -4.02. The van der Waals surface area contributed by atoms with Gasteiger partial charge in [-0.05, 0) is 42.7 Å². The number of hydrogen-bond acceptors (Lipinski definition) is 4. The summed E-state index contributed by atoms with van der Waals surface area (Å²) in [4.78, 5) is 26.1. The average molecular weight is 434 g/mol. The number of nitrogens with zero attached hydrogens (tertiary/aromatic N) is 2. The Bertz CT molecular complexity index is 1070. The van der Waals surface area contributed by atoms with Crippen LogP contribution in [0.25, 0.3) is 0 Å². The highest BCUT2D eigenvalue weighted by Gasteiger charge is 2.39. The number of carbonyl (C=O) groups is 2. The molecule has 0 saturated carbocycles. The van der Waals surface area contributed by atoms with Gasteiger partial charge in [0.2, 0.25) is 5.91 Å². The quantitative estimate of drug-likeness (QED) is 0.751. The van der Waals surface area contributed by atoms with Crippen LogP contribution >= 0.6 is 11.6 Å². The zero-order chi connectivity index (χ0) is 20.8. The standard InChI is InChI=1S/C20H20ClN3O4S/c1-13-9-15-10-16(7-8-18(15)24(13)19(25)11-21)29(27,28)23-12-17(22-20(23)26)14-5-3-2-4-6-14/h2-8,10,13,17H,9,11-12H2,1H3,(H,22,26). The van der Waals surface area contributed by atoms with E-state index in [0.717, 1.165) is 15.4 Å². The second kappa shape index (κ2) is 7.35. The smallest absolute Gasteiger partial charge is 0.328 e. The Hall–Kier alpha value is -2.58. The first-order chi connectivity index (χ1) is 13.8. The third-order valence-corrected chi connectivity index (χ3v) is 7.29. The van der Waals surface area contributed by atoms with Gasteiger partial charge < -0.3 is 10.2 Å². The summed E-state index contributed by atoms with van der Waals surface area (Å²) < 4.78 is 27.1. The van der Waals surface area contributed by atoms with Gasteiger partial charge in [0.25, 0.3) is 10.0 Å². The Morgan fingerprint density at radius 3 is 2.62 bits per heavy atom. The maximum absolute atomic E-state index is 13.1. The van der Waals surface area contributed by atoms with Gasteiger partial charge in [0.1, 0.15) is 5.88 Å². The molecule has 2 atom stereocenters. The monoisotopic (exact) mass is 433 g/mol. The van der Waals surface area contributed by atoms with Gasteiger partial charge in [-0.1, -0.05) is 30.3 Å². The molecule has 2 aliphatic heterocycles. The van der Waals surface area contributed by atoms with Gasteiger partial charge in [0, 0.05) is 11.7 Å². The van der Waals surface area contributed by atoms with Crippen molar-refractivity contribution in [3.05, 3.63) is 59.7 Å². The Morgan fingerprint density at radius 1 is 1.21 bits per heavy atom. The molecule has 0 spiro atoms. The largest absolute Gasteiger partial charge is 0.331 e. The van der Waals surface area contributed by atoms with Crippen molar-refractivity contribution in [1.82, 2.24) is 9.62 Å². The Labute approximate surface area is 174 Å². The van der Waals surface area contributed by atoms with E-state index in [9.17, 15) is 18.0 Å². The molecule has 9 heteroatoms. The first-order valence-corrected chi connectivity index (χ1v) is 11.2. The SMILES string of the molecule is CC1Cc2cc(S(=O)(=O)N3CC(c4ccccc4)NC3=O)ccc2N1C(=O)CCl. The number of fused-ring (bicyclic) bond motifs is 1. The minimum Gasteiger partial charge on any atom is -0.328 e. The molecule has 2 aromatic carbocycles. The van der Waals surface area contributed by atoms with E-state index in [1.165, 1.54) is 6.07 Å². The third-order valence-electron chi connectivity index (χ3n) is 5.31. The van der Waals surface area contributed by atoms with Crippen molar-refractivity contribution < 1.29 is 18.0 Å². The Morgan fingerprint density at radius 2 is 1.93 bits per heavy atom. The minimum atomic E-state index is -4.02. The molecule has 0 aromatic heterocycles. The number of benzene rings is 2. The summed E-state index contributed by atoms with van der Waals surface area (Å²) in [5, 5.41) is 2.73. The fraction of sp³-hybridized carbons (Fsp3) is 0.300. The molecule has 0 bridgehead atoms. The lowest BCUT2D eigenvalue weighted by molar-refractivity contribution is -0.116. The van der Waals surface area contributed by atoms with Gasteiger partial charge in [-0.25, -0.2) is 17.5 Å². The molecule has 3 amide bonds. The molecule has 152 valence electrons. The summed E-state index contributed by atoms with van der Waals surface area (Å²) in [6, 6.07) is 12.7. The van der Waals surface area contributed by atoms with E-state index in [-0.39, 0.29) is 29.3 Å². The summed E-state index contributed by atoms with van der Waals surface area (Å²) in [6.07, 6.45) is 0.528. The van der Waals surface area contributed by atoms with Gasteiger partial charge in [0.05, 0.1) is 17.5 Å². The van der Waals surface area contributed by atoms with Crippen molar-refractivity contribution in [3.63, 3.8) is 0 Å². The summed E-state index contributed by atoms with van der Waals surface area (Å²) in [5.41, 5.74) is 2.25. The summed E-state index contributed by atoms with van der Waals surface area (Å²) >= 11 is 5.70. The molecule has 29 heavy (non-hydrogen) atoms. The number of nitrogens with one attached hydrogen (secondary N) is 1. The second-order valence-corrected chi connectivity index (χ2v) is 9.32. The van der Waals surface area contributed by atoms with Crippen molar-refractivity contribution in [1.29, 1.82) is 0 Å². The van der Waals surface area contributed by atoms with Gasteiger partial charge in [-0.2, -0.15) is 0 Å². The average Bonchev–Trinajstić information content (AvgIpc) is 3.27. The van der Waals surface area contributed by atoms with Crippen molar-refractivity contribution in [3.8, 4) is 0 Å². The highest BCUT2D eigenvalue weighted by Crippen LogP contribution is 2.35. The predicted molar refractivity (Wildman–Crippen MR) is 109 cm³/mol. The topological polar surface area (TPSA) is 86.8 Å². The van der Waals surface area contributed by atoms with Gasteiger partial charge in [-0.15, -0.1) is 11.6 Å². The maximum atomic E-state index is 13.1. The van der Waals surface area contributed by atoms with Crippen LogP contribution in [0, 0.1) is 0 Å². The van der Waals surface area contributed by atoms with Crippen LogP contribution in [-0.2, 0) is 21.2 Å². The van der Waals surface area contributed by atoms with Crippen LogP contribution in [0.1, 0.15) is 24.1 Å². The zero-order valence-corrected chi connectivity index (χ0v) is 17.3. The fourth-order valence-electron chi connectivity index (χ4n) is 3.94. The van der Waals surface area contributed by atoms with E-state index in [1.807, 2.05) is 37.3 Å². The number of urea groups is 1. The number of alkyl halides is 1. The van der Waals surface area contributed by atoms with E-state index < -0.39 is 22.1 Å². The van der Waals surface area contributed by atoms with E-state index in [1.54, 1.807) is 17.0 Å². The summed E-state index contributed by atoms with van der Waals surface area (Å²) in [6.45, 7) is 1.91. The van der Waals surface area contributed by atoms with Gasteiger partial charge in [0.15, 0.2) is 0 Å². The lowest BCUT2D eigenvalue weighted by atomic mass is 10.1. The Kier molecular flexibility index (Phi) is 5.00. The molecule has 1 fully saturated rings. The zero-order valence-electron chi connectivity index (χ0n) is 15.7. The van der Waals surface area contributed by atoms with Crippen molar-refractivity contribution in [2.24, 2.45) is 0 Å². The summed E-state index contributed by atoms with van der Waals surface area (Å²) in [5.74, 6) is -0.364. The molecule has 1 saturated heterocycles. The van der Waals surface area contributed by atoms with Crippen molar-refractivity contribution in [2.75, 3.05) is 17.3 Å². The molecular weight excluding hydrogens is 414 g/mol. The Balaban J connectivity index is 1.63. The van der Waals surface area contributed by atoms with Crippen LogP contribution in [-0.4, -0.2) is 43.1 Å². The van der Waals surface area contributed by atoms with Crippen LogP contribution in [0.5, 0.6) is 0 Å². The maximum Gasteiger partial charge on any atom is 0.331 e. The molecule has 4 rings (SSSR count). The van der Waals surface area contributed by atoms with Crippen molar-refractivity contribution >= 4 is 39.2 Å². The van der Waals surface area contributed by atoms with Crippen LogP contribution in [0.4, 0.5) is 10.5 Å². The minimum absolute atomic E-state index is 0.0233. The lowest BCUT2D eigenvalue weighted by Gasteiger charge is -2.21. The number of hydrogen-bond donors (Lipinski definition) is 1. The van der Waals surface area contributed by atoms with Crippen LogP contribution < -0.4 is 10.2 Å². The molecular formula is C20H20ClN3O4S. The van der Waals surface area contributed by atoms with E-state index in [2.05, 4.69) is 5.32 Å². The first-order valence-electron chi connectivity index (χ1n) is 9.22. The van der Waals surface area contributed by atoms with E-state index in [0.29, 0.717) is 12.1 Å². The first kappa shape index (κ1) is 19.7. The van der Waals surface area contributed by atoms with Gasteiger partial charge >= 0.3 is 6.03 Å². The molecule has 2 aromatic rings. The second-order valence-electron chi connectivity index (χ2n) is 7.19. The fourth-order valence-corrected chi connectivity index (χ4v) is 5.47. The highest BCUT2D eigenvalue weighted by molar-refractivity contribution is 7.89. The molecule has 1 N–H and O–H groups in total. The third kappa shape index (κ3) is 3.36. The van der Waals surface area contributed by atoms with Crippen LogP contribution in [0.3, 0.4) is 0 Å². The number of halogens is 1. The molecule has 2 unspecified atom stereocenters. The number of rotatable bonds is 4. The number of carbonyl (C=O) groups excluding carboxylic acids is 2. The molecule has 2 aliphatic rings.